The smallest absolute Gasteiger partial charge is 0.331 e. The molecule has 0 aromatic rings. The van der Waals surface area contributed by atoms with Gasteiger partial charge in [-0.05, 0) is 19.9 Å². The maximum atomic E-state index is 10.3. The summed E-state index contributed by atoms with van der Waals surface area (Å²) in [5.41, 5.74) is 1.13. The number of rotatable bonds is 3. The average molecular weight is 151 g/mol. The van der Waals surface area contributed by atoms with Gasteiger partial charge in [0.1, 0.15) is 0 Å². The van der Waals surface area contributed by atoms with Gasteiger partial charge in [0, 0.05) is 5.57 Å². The second kappa shape index (κ2) is 4.50. The third kappa shape index (κ3) is 4.14. The van der Waals surface area contributed by atoms with E-state index in [1.165, 1.54) is 13.0 Å². The molecule has 0 bridgehead atoms. The maximum Gasteiger partial charge on any atom is 0.331 e. The topological polar surface area (TPSA) is 37.3 Å². The van der Waals surface area contributed by atoms with E-state index in [1.807, 2.05) is 0 Å². The van der Waals surface area contributed by atoms with Crippen molar-refractivity contribution in [3.63, 3.8) is 0 Å². The highest BCUT2D eigenvalue weighted by molar-refractivity contribution is 5.86. The minimum atomic E-state index is -0.908. The van der Waals surface area contributed by atoms with E-state index in [2.05, 4.69) is 0 Å². The first-order valence-corrected chi connectivity index (χ1v) is 3.21. The van der Waals surface area contributed by atoms with Crippen LogP contribution >= 0.6 is 0 Å². The number of carboxylic acid groups (broad SMARTS) is 1. The lowest BCUT2D eigenvalue weighted by atomic mass is 10.2. The van der Waals surface area contributed by atoms with E-state index in [0.717, 1.165) is 5.57 Å². The number of allylic oxidation sites excluding steroid dienone is 4. The van der Waals surface area contributed by atoms with Crippen LogP contribution in [0, 0.1) is 6.58 Å². The van der Waals surface area contributed by atoms with Gasteiger partial charge >= 0.3 is 5.97 Å². The Morgan fingerprint density at radius 2 is 2.00 bits per heavy atom. The predicted octanol–water partition coefficient (Wildman–Crippen LogP) is 1.95. The van der Waals surface area contributed by atoms with Gasteiger partial charge in [-0.1, -0.05) is 24.3 Å². The third-order valence-electron chi connectivity index (χ3n) is 1.14. The van der Waals surface area contributed by atoms with Gasteiger partial charge in [-0.15, -0.1) is 0 Å². The summed E-state index contributed by atoms with van der Waals surface area (Å²) in [5, 5.41) is 8.46. The summed E-state index contributed by atoms with van der Waals surface area (Å²) >= 11 is 0. The lowest BCUT2D eigenvalue weighted by molar-refractivity contribution is -0.132. The molecule has 0 rings (SSSR count). The first kappa shape index (κ1) is 9.69. The maximum absolute atomic E-state index is 10.3. The van der Waals surface area contributed by atoms with Gasteiger partial charge < -0.3 is 5.11 Å². The normalized spacial score (nSPS) is 12.9. The molecule has 2 nitrogen and oxygen atoms in total. The zero-order valence-electron chi connectivity index (χ0n) is 6.66. The Kier molecular flexibility index (Phi) is 3.96. The van der Waals surface area contributed by atoms with E-state index in [9.17, 15) is 4.79 Å². The van der Waals surface area contributed by atoms with Crippen LogP contribution in [0.15, 0.2) is 29.4 Å². The lowest BCUT2D eigenvalue weighted by Crippen LogP contribution is -1.95. The molecular formula is C9H11O2. The van der Waals surface area contributed by atoms with Gasteiger partial charge in [-0.2, -0.15) is 0 Å². The minimum Gasteiger partial charge on any atom is -0.478 e. The Balaban J connectivity index is 4.42. The lowest BCUT2D eigenvalue weighted by Gasteiger charge is -1.92. The van der Waals surface area contributed by atoms with Crippen molar-refractivity contribution in [2.24, 2.45) is 0 Å². The van der Waals surface area contributed by atoms with Crippen LogP contribution in [0.25, 0.3) is 0 Å². The molecule has 0 saturated carbocycles. The van der Waals surface area contributed by atoms with Crippen LogP contribution in [0.5, 0.6) is 0 Å². The summed E-state index contributed by atoms with van der Waals surface area (Å²) in [5.74, 6) is -0.908. The molecule has 0 aliphatic carbocycles. The fourth-order valence-electron chi connectivity index (χ4n) is 0.603. The van der Waals surface area contributed by atoms with Crippen LogP contribution < -0.4 is 0 Å². The van der Waals surface area contributed by atoms with Crippen molar-refractivity contribution in [2.45, 2.75) is 13.8 Å². The summed E-state index contributed by atoms with van der Waals surface area (Å²) in [6.45, 7) is 8.43. The highest BCUT2D eigenvalue weighted by Gasteiger charge is 1.97. The van der Waals surface area contributed by atoms with Gasteiger partial charge in [0.05, 0.1) is 0 Å². The second-order valence-corrected chi connectivity index (χ2v) is 2.24. The number of hydrogen-bond acceptors (Lipinski definition) is 1. The molecule has 0 aromatic heterocycles. The Morgan fingerprint density at radius 3 is 2.36 bits per heavy atom. The SMILES string of the molecule is [CH]=CC=C(C)C=C(C)C(=O)O. The molecule has 1 N–H and O–H groups in total. The van der Waals surface area contributed by atoms with Crippen LogP contribution in [-0.2, 0) is 4.79 Å². The molecule has 2 heteroatoms. The van der Waals surface area contributed by atoms with Crippen molar-refractivity contribution in [1.82, 2.24) is 0 Å². The van der Waals surface area contributed by atoms with Gasteiger partial charge in [-0.25, -0.2) is 4.79 Å². The van der Waals surface area contributed by atoms with Gasteiger partial charge in [-0.3, -0.25) is 0 Å². The summed E-state index contributed by atoms with van der Waals surface area (Å²) in [6.07, 6.45) is 4.58. The number of carbonyl (C=O) groups is 1. The van der Waals surface area contributed by atoms with Crippen LogP contribution in [-0.4, -0.2) is 11.1 Å². The van der Waals surface area contributed by atoms with Crippen molar-refractivity contribution < 1.29 is 9.90 Å². The highest BCUT2D eigenvalue weighted by Crippen LogP contribution is 2.01. The number of hydrogen-bond donors (Lipinski definition) is 1. The highest BCUT2D eigenvalue weighted by atomic mass is 16.4. The molecule has 0 fully saturated rings. The molecule has 0 spiro atoms. The second-order valence-electron chi connectivity index (χ2n) is 2.24. The van der Waals surface area contributed by atoms with Crippen LogP contribution in [0.2, 0.25) is 0 Å². The summed E-state index contributed by atoms with van der Waals surface area (Å²) in [6, 6.07) is 0. The zero-order valence-corrected chi connectivity index (χ0v) is 6.66. The van der Waals surface area contributed by atoms with E-state index >= 15 is 0 Å². The Labute approximate surface area is 66.5 Å². The fourth-order valence-corrected chi connectivity index (χ4v) is 0.603. The van der Waals surface area contributed by atoms with Gasteiger partial charge in [0.2, 0.25) is 0 Å². The quantitative estimate of drug-likeness (QED) is 0.494. The molecule has 0 saturated heterocycles. The van der Waals surface area contributed by atoms with Crippen molar-refractivity contribution in [2.75, 3.05) is 0 Å². The predicted molar refractivity (Wildman–Crippen MR) is 44.0 cm³/mol. The van der Waals surface area contributed by atoms with E-state index < -0.39 is 5.97 Å². The molecule has 0 aliphatic rings. The molecule has 1 radical (unpaired) electrons. The standard InChI is InChI=1S/C9H11O2/c1-4-5-7(2)6-8(3)9(10)11/h1,4-6H,2-3H3,(H,10,11). The van der Waals surface area contributed by atoms with Crippen molar-refractivity contribution in [3.8, 4) is 0 Å². The van der Waals surface area contributed by atoms with E-state index in [-0.39, 0.29) is 0 Å². The molecule has 0 unspecified atom stereocenters. The van der Waals surface area contributed by atoms with Gasteiger partial charge in [0.15, 0.2) is 0 Å². The summed E-state index contributed by atoms with van der Waals surface area (Å²) in [7, 11) is 0. The monoisotopic (exact) mass is 151 g/mol. The first-order valence-electron chi connectivity index (χ1n) is 3.21. The molecule has 0 aliphatic heterocycles. The van der Waals surface area contributed by atoms with Crippen molar-refractivity contribution >= 4 is 5.97 Å². The Bertz CT molecular complexity index is 222. The molecule has 59 valence electrons. The van der Waals surface area contributed by atoms with Gasteiger partial charge in [0.25, 0.3) is 0 Å². The molecule has 0 heterocycles. The van der Waals surface area contributed by atoms with Crippen LogP contribution in [0.1, 0.15) is 13.8 Å². The van der Waals surface area contributed by atoms with E-state index in [0.29, 0.717) is 5.57 Å². The molecular weight excluding hydrogens is 140 g/mol. The zero-order chi connectivity index (χ0) is 8.85. The molecule has 0 atom stereocenters. The molecule has 11 heavy (non-hydrogen) atoms. The first-order chi connectivity index (χ1) is 5.07. The fraction of sp³-hybridized carbons (Fsp3) is 0.222. The molecule has 0 aromatic carbocycles. The molecule has 0 amide bonds. The van der Waals surface area contributed by atoms with Crippen LogP contribution in [0.4, 0.5) is 0 Å². The Hall–Kier alpha value is -1.31. The number of aliphatic carboxylic acids is 1. The average Bonchev–Trinajstić information content (AvgIpc) is 1.87. The van der Waals surface area contributed by atoms with Crippen molar-refractivity contribution in [1.29, 1.82) is 0 Å². The third-order valence-corrected chi connectivity index (χ3v) is 1.14. The van der Waals surface area contributed by atoms with E-state index in [1.54, 1.807) is 19.1 Å². The van der Waals surface area contributed by atoms with E-state index in [4.69, 9.17) is 11.7 Å². The summed E-state index contributed by atoms with van der Waals surface area (Å²) in [4.78, 5) is 10.3. The Morgan fingerprint density at radius 1 is 1.45 bits per heavy atom. The number of carboxylic acids is 1. The largest absolute Gasteiger partial charge is 0.478 e. The van der Waals surface area contributed by atoms with Crippen molar-refractivity contribution in [3.05, 3.63) is 36.0 Å². The summed E-state index contributed by atoms with van der Waals surface area (Å²) < 4.78 is 0. The van der Waals surface area contributed by atoms with Crippen LogP contribution in [0.3, 0.4) is 0 Å². The minimum absolute atomic E-state index is 0.306.